The van der Waals surface area contributed by atoms with E-state index in [1.807, 2.05) is 0 Å². The lowest BCUT2D eigenvalue weighted by molar-refractivity contribution is -0.0875. The van der Waals surface area contributed by atoms with Gasteiger partial charge in [0.25, 0.3) is 0 Å². The van der Waals surface area contributed by atoms with Gasteiger partial charge in [0, 0.05) is 19.7 Å². The molecule has 0 aromatic carbocycles. The highest BCUT2D eigenvalue weighted by molar-refractivity contribution is 4.69. The van der Waals surface area contributed by atoms with E-state index in [2.05, 4.69) is 5.32 Å². The van der Waals surface area contributed by atoms with Crippen molar-refractivity contribution in [3.05, 3.63) is 0 Å². The van der Waals surface area contributed by atoms with Crippen molar-refractivity contribution in [1.82, 2.24) is 5.32 Å². The fourth-order valence-corrected chi connectivity index (χ4v) is 2.03. The minimum absolute atomic E-state index is 0.224. The highest BCUT2D eigenvalue weighted by Gasteiger charge is 2.16. The third kappa shape index (κ3) is 4.07. The van der Waals surface area contributed by atoms with Gasteiger partial charge < -0.3 is 19.5 Å². The van der Waals surface area contributed by atoms with E-state index in [9.17, 15) is 0 Å². The highest BCUT2D eigenvalue weighted by atomic mass is 16.6. The third-order valence-electron chi connectivity index (χ3n) is 2.90. The molecule has 2 aliphatic heterocycles. The van der Waals surface area contributed by atoms with Crippen LogP contribution in [0.15, 0.2) is 0 Å². The van der Waals surface area contributed by atoms with Crippen LogP contribution in [0.5, 0.6) is 0 Å². The Balaban J connectivity index is 1.53. The normalized spacial score (nSPS) is 32.8. The van der Waals surface area contributed by atoms with Crippen molar-refractivity contribution < 1.29 is 14.2 Å². The van der Waals surface area contributed by atoms with E-state index in [-0.39, 0.29) is 6.10 Å². The molecular formula is C11H21NO3. The van der Waals surface area contributed by atoms with Gasteiger partial charge >= 0.3 is 0 Å². The molecule has 2 aliphatic rings. The van der Waals surface area contributed by atoms with Crippen molar-refractivity contribution in [1.29, 1.82) is 0 Å². The van der Waals surface area contributed by atoms with Gasteiger partial charge in [-0.2, -0.15) is 0 Å². The van der Waals surface area contributed by atoms with Crippen LogP contribution in [0, 0.1) is 0 Å². The Morgan fingerprint density at radius 1 is 0.933 bits per heavy atom. The molecule has 2 saturated heterocycles. The molecule has 0 saturated carbocycles. The summed E-state index contributed by atoms with van der Waals surface area (Å²) in [5, 5.41) is 3.39. The summed E-state index contributed by atoms with van der Waals surface area (Å²) in [6.45, 7) is 4.93. The predicted octanol–water partition coefficient (Wildman–Crippen LogP) is 0.560. The topological polar surface area (TPSA) is 39.7 Å². The van der Waals surface area contributed by atoms with Gasteiger partial charge in [0.2, 0.25) is 0 Å². The molecule has 2 fully saturated rings. The van der Waals surface area contributed by atoms with Crippen LogP contribution in [0.2, 0.25) is 0 Å². The quantitative estimate of drug-likeness (QED) is 0.744. The lowest BCUT2D eigenvalue weighted by Crippen LogP contribution is -2.41. The zero-order chi connectivity index (χ0) is 10.3. The molecule has 2 atom stereocenters. The first-order valence-electron chi connectivity index (χ1n) is 5.97. The van der Waals surface area contributed by atoms with Crippen molar-refractivity contribution in [2.24, 2.45) is 0 Å². The van der Waals surface area contributed by atoms with E-state index in [0.29, 0.717) is 6.10 Å². The Labute approximate surface area is 91.3 Å². The van der Waals surface area contributed by atoms with Crippen LogP contribution in [0.4, 0.5) is 0 Å². The van der Waals surface area contributed by atoms with Gasteiger partial charge in [-0.15, -0.1) is 0 Å². The van der Waals surface area contributed by atoms with E-state index >= 15 is 0 Å². The van der Waals surface area contributed by atoms with E-state index in [4.69, 9.17) is 14.2 Å². The van der Waals surface area contributed by atoms with Crippen LogP contribution in [0.1, 0.15) is 19.3 Å². The van der Waals surface area contributed by atoms with Crippen LogP contribution < -0.4 is 5.32 Å². The molecule has 0 amide bonds. The molecule has 0 bridgehead atoms. The molecule has 0 aromatic heterocycles. The predicted molar refractivity (Wildman–Crippen MR) is 57.0 cm³/mol. The molecule has 4 nitrogen and oxygen atoms in total. The van der Waals surface area contributed by atoms with E-state index < -0.39 is 0 Å². The van der Waals surface area contributed by atoms with Gasteiger partial charge in [-0.25, -0.2) is 0 Å². The summed E-state index contributed by atoms with van der Waals surface area (Å²) in [6.07, 6.45) is 4.34. The first-order valence-corrected chi connectivity index (χ1v) is 5.97. The Hall–Kier alpha value is -0.160. The van der Waals surface area contributed by atoms with Gasteiger partial charge in [0.1, 0.15) is 0 Å². The smallest absolute Gasteiger partial charge is 0.0933 e. The minimum atomic E-state index is 0.224. The zero-order valence-corrected chi connectivity index (χ0v) is 9.24. The standard InChI is InChI=1S/C11H21NO3/c1-2-4-14-10(3-1)7-12-8-11-9-13-5-6-15-11/h10-12H,1-9H2. The third-order valence-corrected chi connectivity index (χ3v) is 2.90. The van der Waals surface area contributed by atoms with Gasteiger partial charge in [-0.05, 0) is 19.3 Å². The van der Waals surface area contributed by atoms with Crippen LogP contribution in [-0.4, -0.2) is 51.7 Å². The largest absolute Gasteiger partial charge is 0.377 e. The van der Waals surface area contributed by atoms with Crippen LogP contribution >= 0.6 is 0 Å². The highest BCUT2D eigenvalue weighted by Crippen LogP contribution is 2.11. The Morgan fingerprint density at radius 2 is 1.80 bits per heavy atom. The van der Waals surface area contributed by atoms with Crippen molar-refractivity contribution in [3.8, 4) is 0 Å². The second-order valence-corrected chi connectivity index (χ2v) is 4.21. The average Bonchev–Trinajstić information content (AvgIpc) is 2.32. The van der Waals surface area contributed by atoms with E-state index in [1.54, 1.807) is 0 Å². The Kier molecular flexibility index (Phi) is 4.86. The Bertz CT molecular complexity index is 147. The van der Waals surface area contributed by atoms with Crippen LogP contribution in [0.25, 0.3) is 0 Å². The fraction of sp³-hybridized carbons (Fsp3) is 1.00. The summed E-state index contributed by atoms with van der Waals surface area (Å²) in [5.74, 6) is 0. The van der Waals surface area contributed by atoms with Crippen molar-refractivity contribution in [3.63, 3.8) is 0 Å². The molecule has 2 unspecified atom stereocenters. The van der Waals surface area contributed by atoms with Gasteiger partial charge in [-0.3, -0.25) is 0 Å². The summed E-state index contributed by atoms with van der Waals surface area (Å²) in [6, 6.07) is 0. The molecule has 1 N–H and O–H groups in total. The summed E-state index contributed by atoms with van der Waals surface area (Å²) in [4.78, 5) is 0. The number of rotatable bonds is 4. The zero-order valence-electron chi connectivity index (χ0n) is 9.24. The first-order chi connectivity index (χ1) is 7.45. The molecule has 0 radical (unpaired) electrons. The summed E-state index contributed by atoms with van der Waals surface area (Å²) < 4.78 is 16.5. The van der Waals surface area contributed by atoms with E-state index in [1.165, 1.54) is 19.3 Å². The number of hydrogen-bond acceptors (Lipinski definition) is 4. The maximum absolute atomic E-state index is 5.63. The summed E-state index contributed by atoms with van der Waals surface area (Å²) >= 11 is 0. The molecule has 4 heteroatoms. The number of hydrogen-bond donors (Lipinski definition) is 1. The van der Waals surface area contributed by atoms with Crippen molar-refractivity contribution in [2.75, 3.05) is 39.5 Å². The Morgan fingerprint density at radius 3 is 2.53 bits per heavy atom. The van der Waals surface area contributed by atoms with Gasteiger partial charge in [-0.1, -0.05) is 0 Å². The molecule has 0 aliphatic carbocycles. The SMILES string of the molecule is C1CCC(CNCC2COCCO2)OC1. The fourth-order valence-electron chi connectivity index (χ4n) is 2.03. The lowest BCUT2D eigenvalue weighted by Gasteiger charge is -2.26. The monoisotopic (exact) mass is 215 g/mol. The molecule has 0 aromatic rings. The average molecular weight is 215 g/mol. The van der Waals surface area contributed by atoms with Crippen molar-refractivity contribution in [2.45, 2.75) is 31.5 Å². The van der Waals surface area contributed by atoms with Crippen LogP contribution in [0.3, 0.4) is 0 Å². The lowest BCUT2D eigenvalue weighted by atomic mass is 10.1. The minimum Gasteiger partial charge on any atom is -0.377 e. The molecule has 88 valence electrons. The molecular weight excluding hydrogens is 194 g/mol. The summed E-state index contributed by atoms with van der Waals surface area (Å²) in [5.41, 5.74) is 0. The maximum Gasteiger partial charge on any atom is 0.0933 e. The number of nitrogens with one attached hydrogen (secondary N) is 1. The van der Waals surface area contributed by atoms with Crippen LogP contribution in [-0.2, 0) is 14.2 Å². The van der Waals surface area contributed by atoms with Gasteiger partial charge in [0.05, 0.1) is 32.0 Å². The molecule has 2 heterocycles. The summed E-state index contributed by atoms with van der Waals surface area (Å²) in [7, 11) is 0. The molecule has 0 spiro atoms. The number of ether oxygens (including phenoxy) is 3. The molecule has 2 rings (SSSR count). The first kappa shape index (κ1) is 11.3. The molecule has 15 heavy (non-hydrogen) atoms. The van der Waals surface area contributed by atoms with Gasteiger partial charge in [0.15, 0.2) is 0 Å². The second-order valence-electron chi connectivity index (χ2n) is 4.21. The van der Waals surface area contributed by atoms with Crippen molar-refractivity contribution >= 4 is 0 Å². The maximum atomic E-state index is 5.63. The van der Waals surface area contributed by atoms with E-state index in [0.717, 1.165) is 39.5 Å². The second kappa shape index (κ2) is 6.43.